The van der Waals surface area contributed by atoms with E-state index in [0.717, 1.165) is 9.26 Å². The molecule has 0 saturated carbocycles. The zero-order valence-corrected chi connectivity index (χ0v) is 11.1. The molecule has 0 aliphatic rings. The van der Waals surface area contributed by atoms with Crippen molar-refractivity contribution in [1.82, 2.24) is 9.78 Å². The Morgan fingerprint density at radius 2 is 2.18 bits per heavy atom. The summed E-state index contributed by atoms with van der Waals surface area (Å²) in [5.41, 5.74) is 6.27. The van der Waals surface area contributed by atoms with Crippen LogP contribution in [0.1, 0.15) is 0 Å². The Morgan fingerprint density at radius 3 is 2.82 bits per heavy atom. The van der Waals surface area contributed by atoms with Gasteiger partial charge in [0.05, 0.1) is 5.69 Å². The van der Waals surface area contributed by atoms with Crippen molar-refractivity contribution in [2.24, 2.45) is 0 Å². The molecule has 3 N–H and O–H groups in total. The lowest BCUT2D eigenvalue weighted by Gasteiger charge is -2.06. The summed E-state index contributed by atoms with van der Waals surface area (Å²) in [7, 11) is 0. The lowest BCUT2D eigenvalue weighted by molar-refractivity contribution is -0.116. The van der Waals surface area contributed by atoms with E-state index in [1.54, 1.807) is 12.3 Å². The molecule has 5 nitrogen and oxygen atoms in total. The molecule has 1 aromatic heterocycles. The number of benzene rings is 1. The number of anilines is 2. The molecule has 0 saturated heterocycles. The number of para-hydroxylation sites is 1. The summed E-state index contributed by atoms with van der Waals surface area (Å²) in [4.78, 5) is 11.7. The van der Waals surface area contributed by atoms with E-state index in [1.807, 2.05) is 24.3 Å². The Morgan fingerprint density at radius 1 is 1.41 bits per heavy atom. The molecule has 0 bridgehead atoms. The highest BCUT2D eigenvalue weighted by Gasteiger charge is 2.06. The number of hydrogen-bond donors (Lipinski definition) is 2. The van der Waals surface area contributed by atoms with E-state index in [9.17, 15) is 4.79 Å². The molecular formula is C11H11IN4O. The van der Waals surface area contributed by atoms with Crippen molar-refractivity contribution in [1.29, 1.82) is 0 Å². The molecule has 1 heterocycles. The quantitative estimate of drug-likeness (QED) is 0.834. The van der Waals surface area contributed by atoms with E-state index >= 15 is 0 Å². The molecule has 0 aliphatic heterocycles. The second-order valence-corrected chi connectivity index (χ2v) is 4.63. The van der Waals surface area contributed by atoms with Gasteiger partial charge in [-0.1, -0.05) is 12.1 Å². The van der Waals surface area contributed by atoms with Gasteiger partial charge in [0.25, 0.3) is 0 Å². The normalized spacial score (nSPS) is 10.2. The van der Waals surface area contributed by atoms with Crippen molar-refractivity contribution in [3.8, 4) is 0 Å². The van der Waals surface area contributed by atoms with Crippen LogP contribution in [0.25, 0.3) is 0 Å². The molecule has 2 rings (SSSR count). The summed E-state index contributed by atoms with van der Waals surface area (Å²) >= 11 is 2.17. The van der Waals surface area contributed by atoms with Crippen molar-refractivity contribution in [2.75, 3.05) is 11.1 Å². The van der Waals surface area contributed by atoms with Crippen molar-refractivity contribution >= 4 is 40.0 Å². The number of nitrogens with one attached hydrogen (secondary N) is 1. The molecule has 1 aromatic carbocycles. The Balaban J connectivity index is 2.01. The van der Waals surface area contributed by atoms with Gasteiger partial charge in [-0.2, -0.15) is 5.10 Å². The van der Waals surface area contributed by atoms with Gasteiger partial charge in [0, 0.05) is 9.77 Å². The molecule has 0 fully saturated rings. The van der Waals surface area contributed by atoms with Crippen molar-refractivity contribution in [3.05, 3.63) is 40.1 Å². The van der Waals surface area contributed by atoms with E-state index < -0.39 is 0 Å². The third-order valence-corrected chi connectivity index (χ3v) is 3.06. The predicted octanol–water partition coefficient (Wildman–Crippen LogP) is 1.71. The number of carbonyl (C=O) groups is 1. The van der Waals surface area contributed by atoms with Gasteiger partial charge in [-0.05, 0) is 40.8 Å². The zero-order chi connectivity index (χ0) is 12.3. The Bertz CT molecular complexity index is 538. The second-order valence-electron chi connectivity index (χ2n) is 3.47. The van der Waals surface area contributed by atoms with Gasteiger partial charge in [0.15, 0.2) is 0 Å². The van der Waals surface area contributed by atoms with Crippen molar-refractivity contribution in [2.45, 2.75) is 6.54 Å². The number of halogens is 1. The van der Waals surface area contributed by atoms with E-state index in [0.29, 0.717) is 5.82 Å². The van der Waals surface area contributed by atoms with Gasteiger partial charge in [-0.15, -0.1) is 0 Å². The van der Waals surface area contributed by atoms with E-state index in [-0.39, 0.29) is 12.5 Å². The third-order valence-electron chi connectivity index (χ3n) is 2.11. The van der Waals surface area contributed by atoms with Crippen LogP contribution < -0.4 is 11.1 Å². The molecule has 0 spiro atoms. The maximum atomic E-state index is 11.7. The SMILES string of the molecule is Nc1ccn(CC(=O)Nc2ccccc2I)n1. The molecule has 0 aliphatic carbocycles. The van der Waals surface area contributed by atoms with Crippen LogP contribution in [-0.2, 0) is 11.3 Å². The average molecular weight is 342 g/mol. The van der Waals surface area contributed by atoms with E-state index in [4.69, 9.17) is 5.73 Å². The van der Waals surface area contributed by atoms with Gasteiger partial charge >= 0.3 is 0 Å². The van der Waals surface area contributed by atoms with Crippen LogP contribution in [-0.4, -0.2) is 15.7 Å². The summed E-state index contributed by atoms with van der Waals surface area (Å²) in [6, 6.07) is 9.24. The minimum Gasteiger partial charge on any atom is -0.382 e. The molecule has 6 heteroatoms. The topological polar surface area (TPSA) is 72.9 Å². The lowest BCUT2D eigenvalue weighted by Crippen LogP contribution is -2.19. The monoisotopic (exact) mass is 342 g/mol. The van der Waals surface area contributed by atoms with Crippen LogP contribution in [0, 0.1) is 3.57 Å². The maximum Gasteiger partial charge on any atom is 0.246 e. The highest BCUT2D eigenvalue weighted by Crippen LogP contribution is 2.16. The van der Waals surface area contributed by atoms with E-state index in [2.05, 4.69) is 33.0 Å². The van der Waals surface area contributed by atoms with E-state index in [1.165, 1.54) is 4.68 Å². The molecule has 2 aromatic rings. The molecule has 88 valence electrons. The van der Waals surface area contributed by atoms with Crippen LogP contribution >= 0.6 is 22.6 Å². The van der Waals surface area contributed by atoms with Crippen molar-refractivity contribution in [3.63, 3.8) is 0 Å². The van der Waals surface area contributed by atoms with Crippen LogP contribution in [0.2, 0.25) is 0 Å². The Hall–Kier alpha value is -1.57. The first-order chi connectivity index (χ1) is 8.15. The lowest BCUT2D eigenvalue weighted by atomic mass is 10.3. The number of aromatic nitrogens is 2. The Labute approximate surface area is 112 Å². The van der Waals surface area contributed by atoms with Crippen LogP contribution in [0.15, 0.2) is 36.5 Å². The first kappa shape index (κ1) is 11.9. The van der Waals surface area contributed by atoms with Gasteiger partial charge in [0.1, 0.15) is 12.4 Å². The van der Waals surface area contributed by atoms with Gasteiger partial charge in [-0.3, -0.25) is 9.48 Å². The number of hydrogen-bond acceptors (Lipinski definition) is 3. The second kappa shape index (κ2) is 5.17. The molecule has 0 atom stereocenters. The summed E-state index contributed by atoms with van der Waals surface area (Å²) < 4.78 is 2.50. The first-order valence-corrected chi connectivity index (χ1v) is 6.06. The highest BCUT2D eigenvalue weighted by molar-refractivity contribution is 14.1. The molecule has 1 amide bonds. The first-order valence-electron chi connectivity index (χ1n) is 4.98. The third kappa shape index (κ3) is 3.19. The minimum absolute atomic E-state index is 0.128. The molecule has 0 unspecified atom stereocenters. The fraction of sp³-hybridized carbons (Fsp3) is 0.0909. The smallest absolute Gasteiger partial charge is 0.246 e. The van der Waals surface area contributed by atoms with Crippen molar-refractivity contribution < 1.29 is 4.79 Å². The number of rotatable bonds is 3. The van der Waals surface area contributed by atoms with Gasteiger partial charge in [-0.25, -0.2) is 0 Å². The largest absolute Gasteiger partial charge is 0.382 e. The van der Waals surface area contributed by atoms with Crippen LogP contribution in [0.4, 0.5) is 11.5 Å². The summed E-state index contributed by atoms with van der Waals surface area (Å²) in [6.07, 6.45) is 1.67. The molecule has 17 heavy (non-hydrogen) atoms. The molecular weight excluding hydrogens is 331 g/mol. The average Bonchev–Trinajstić information content (AvgIpc) is 2.67. The fourth-order valence-electron chi connectivity index (χ4n) is 1.36. The number of amides is 1. The number of nitrogens with two attached hydrogens (primary N) is 1. The number of carbonyl (C=O) groups excluding carboxylic acids is 1. The molecule has 0 radical (unpaired) electrons. The fourth-order valence-corrected chi connectivity index (χ4v) is 1.89. The summed E-state index contributed by atoms with van der Waals surface area (Å²) in [5, 5.41) is 6.77. The standard InChI is InChI=1S/C11H11IN4O/c12-8-3-1-2-4-9(8)14-11(17)7-16-6-5-10(13)15-16/h1-6H,7H2,(H2,13,15)(H,14,17). The van der Waals surface area contributed by atoms with Crippen LogP contribution in [0.3, 0.4) is 0 Å². The Kier molecular flexibility index (Phi) is 3.62. The van der Waals surface area contributed by atoms with Gasteiger partial charge < -0.3 is 11.1 Å². The van der Waals surface area contributed by atoms with Gasteiger partial charge in [0.2, 0.25) is 5.91 Å². The maximum absolute atomic E-state index is 11.7. The highest BCUT2D eigenvalue weighted by atomic mass is 127. The summed E-state index contributed by atoms with van der Waals surface area (Å²) in [6.45, 7) is 0.155. The minimum atomic E-state index is -0.128. The van der Waals surface area contributed by atoms with Crippen LogP contribution in [0.5, 0.6) is 0 Å². The number of nitrogens with zero attached hydrogens (tertiary/aromatic N) is 2. The number of nitrogen functional groups attached to an aromatic ring is 1. The summed E-state index contributed by atoms with van der Waals surface area (Å²) in [5.74, 6) is 0.282. The zero-order valence-electron chi connectivity index (χ0n) is 8.93. The predicted molar refractivity (Wildman–Crippen MR) is 74.4 cm³/mol.